The van der Waals surface area contributed by atoms with Crippen LogP contribution in [-0.4, -0.2) is 65.1 Å². The molecule has 1 atom stereocenters. The molecule has 2 amide bonds. The van der Waals surface area contributed by atoms with Crippen LogP contribution in [0.1, 0.15) is 0 Å². The number of carboxylic acids is 1. The minimum absolute atomic E-state index is 0.101. The lowest BCUT2D eigenvalue weighted by molar-refractivity contribution is -0.140. The fourth-order valence-corrected chi connectivity index (χ4v) is 0.696. The van der Waals surface area contributed by atoms with Gasteiger partial charge in [-0.15, -0.1) is 0 Å². The Hall–Kier alpha value is -1.34. The van der Waals surface area contributed by atoms with Crippen LogP contribution in [0.25, 0.3) is 0 Å². The Morgan fingerprint density at radius 3 is 2.36 bits per heavy atom. The van der Waals surface area contributed by atoms with Crippen LogP contribution in [0.2, 0.25) is 0 Å². The second kappa shape index (κ2) is 6.17. The Kier molecular flexibility index (Phi) is 5.58. The summed E-state index contributed by atoms with van der Waals surface area (Å²) in [6.07, 6.45) is 0. The molecule has 0 aliphatic carbocycles. The number of amides is 2. The zero-order valence-electron chi connectivity index (χ0n) is 7.80. The molecule has 0 aromatic heterocycles. The topological polar surface area (TPSA) is 110 Å². The molecule has 0 saturated carbocycles. The van der Waals surface area contributed by atoms with Gasteiger partial charge in [-0.2, -0.15) is 0 Å². The Bertz CT molecular complexity index is 208. The maximum absolute atomic E-state index is 11.1. The van der Waals surface area contributed by atoms with Crippen LogP contribution in [0.4, 0.5) is 4.79 Å². The van der Waals surface area contributed by atoms with Gasteiger partial charge in [0.15, 0.2) is 6.04 Å². The summed E-state index contributed by atoms with van der Waals surface area (Å²) >= 11 is 0. The number of hydrogen-bond donors (Lipinski definition) is 4. The van der Waals surface area contributed by atoms with E-state index in [1.165, 1.54) is 7.05 Å². The first-order chi connectivity index (χ1) is 6.52. The van der Waals surface area contributed by atoms with E-state index >= 15 is 0 Å². The van der Waals surface area contributed by atoms with E-state index in [1.54, 1.807) is 0 Å². The predicted octanol–water partition coefficient (Wildman–Crippen LogP) is -1.93. The largest absolute Gasteiger partial charge is 0.480 e. The highest BCUT2D eigenvalue weighted by atomic mass is 16.4. The van der Waals surface area contributed by atoms with Crippen LogP contribution >= 0.6 is 0 Å². The molecule has 7 nitrogen and oxygen atoms in total. The van der Waals surface area contributed by atoms with Gasteiger partial charge in [0.2, 0.25) is 0 Å². The van der Waals surface area contributed by atoms with Crippen LogP contribution < -0.4 is 5.32 Å². The molecule has 0 aromatic carbocycles. The third kappa shape index (κ3) is 4.06. The molecule has 14 heavy (non-hydrogen) atoms. The monoisotopic (exact) mass is 206 g/mol. The van der Waals surface area contributed by atoms with E-state index in [1.807, 2.05) is 0 Å². The van der Waals surface area contributed by atoms with E-state index in [-0.39, 0.29) is 13.2 Å². The summed E-state index contributed by atoms with van der Waals surface area (Å²) in [6, 6.07) is -1.97. The predicted molar refractivity (Wildman–Crippen MR) is 46.8 cm³/mol. The highest BCUT2D eigenvalue weighted by Crippen LogP contribution is 1.88. The lowest BCUT2D eigenvalue weighted by Crippen LogP contribution is -2.48. The number of aliphatic carboxylic acids is 1. The van der Waals surface area contributed by atoms with Crippen LogP contribution in [0.15, 0.2) is 0 Å². The zero-order chi connectivity index (χ0) is 11.1. The van der Waals surface area contributed by atoms with Gasteiger partial charge >= 0.3 is 12.0 Å². The number of urea groups is 1. The highest BCUT2D eigenvalue weighted by Gasteiger charge is 2.20. The van der Waals surface area contributed by atoms with Crippen LogP contribution in [0.3, 0.4) is 0 Å². The lowest BCUT2D eigenvalue weighted by Gasteiger charge is -2.19. The van der Waals surface area contributed by atoms with Crippen molar-refractivity contribution in [1.82, 2.24) is 10.2 Å². The number of rotatable bonds is 5. The first kappa shape index (κ1) is 12.7. The zero-order valence-corrected chi connectivity index (χ0v) is 7.80. The van der Waals surface area contributed by atoms with Gasteiger partial charge in [-0.25, -0.2) is 9.59 Å². The molecule has 0 radical (unpaired) electrons. The maximum Gasteiger partial charge on any atom is 0.328 e. The Morgan fingerprint density at radius 1 is 1.43 bits per heavy atom. The van der Waals surface area contributed by atoms with E-state index in [9.17, 15) is 9.59 Å². The van der Waals surface area contributed by atoms with E-state index < -0.39 is 24.6 Å². The minimum atomic E-state index is -1.32. The van der Waals surface area contributed by atoms with E-state index in [0.717, 1.165) is 4.90 Å². The summed E-state index contributed by atoms with van der Waals surface area (Å²) in [7, 11) is 1.40. The summed E-state index contributed by atoms with van der Waals surface area (Å²) in [4.78, 5) is 22.7. The number of likely N-dealkylation sites (N-methyl/N-ethyl adjacent to an activating group) is 1. The molecular formula is C7H14N2O5. The molecular weight excluding hydrogens is 192 g/mol. The molecule has 0 fully saturated rings. The van der Waals surface area contributed by atoms with Crippen LogP contribution in [0, 0.1) is 0 Å². The summed E-state index contributed by atoms with van der Waals surface area (Å²) in [6.45, 7) is -0.779. The number of nitrogens with one attached hydrogen (secondary N) is 1. The second-order valence-corrected chi connectivity index (χ2v) is 2.67. The van der Waals surface area contributed by atoms with Gasteiger partial charge in [-0.1, -0.05) is 0 Å². The van der Waals surface area contributed by atoms with Crippen molar-refractivity contribution in [1.29, 1.82) is 0 Å². The first-order valence-electron chi connectivity index (χ1n) is 3.99. The third-order valence-electron chi connectivity index (χ3n) is 1.56. The molecule has 0 aliphatic heterocycles. The molecule has 7 heteroatoms. The standard InChI is InChI=1S/C7H14N2O5/c1-9(2-3-10)7(14)8-5(4-11)6(12)13/h5,10-11H,2-4H2,1H3,(H,8,14)(H,12,13). The van der Waals surface area contributed by atoms with Crippen molar-refractivity contribution < 1.29 is 24.9 Å². The molecule has 0 aliphatic rings. The summed E-state index contributed by atoms with van der Waals surface area (Å²) in [5.41, 5.74) is 0. The average molecular weight is 206 g/mol. The van der Waals surface area contributed by atoms with Crippen molar-refractivity contribution in [3.05, 3.63) is 0 Å². The van der Waals surface area contributed by atoms with Crippen LogP contribution in [-0.2, 0) is 4.79 Å². The minimum Gasteiger partial charge on any atom is -0.480 e. The van der Waals surface area contributed by atoms with Gasteiger partial charge in [-0.05, 0) is 0 Å². The van der Waals surface area contributed by atoms with Gasteiger partial charge < -0.3 is 25.5 Å². The number of carbonyl (C=O) groups is 2. The second-order valence-electron chi connectivity index (χ2n) is 2.67. The number of aliphatic hydroxyl groups is 2. The molecule has 4 N–H and O–H groups in total. The molecule has 0 saturated heterocycles. The smallest absolute Gasteiger partial charge is 0.328 e. The van der Waals surface area contributed by atoms with E-state index in [4.69, 9.17) is 15.3 Å². The number of nitrogens with zero attached hydrogens (tertiary/aromatic N) is 1. The van der Waals surface area contributed by atoms with Crippen LogP contribution in [0.5, 0.6) is 0 Å². The third-order valence-corrected chi connectivity index (χ3v) is 1.56. The van der Waals surface area contributed by atoms with Crippen molar-refractivity contribution >= 4 is 12.0 Å². The highest BCUT2D eigenvalue weighted by molar-refractivity contribution is 5.82. The number of carboxylic acid groups (broad SMARTS) is 1. The molecule has 82 valence electrons. The number of aliphatic hydroxyl groups excluding tert-OH is 2. The summed E-state index contributed by atoms with van der Waals surface area (Å²) < 4.78 is 0. The van der Waals surface area contributed by atoms with Gasteiger partial charge in [0, 0.05) is 13.6 Å². The van der Waals surface area contributed by atoms with E-state index in [0.29, 0.717) is 0 Å². The van der Waals surface area contributed by atoms with Crippen molar-refractivity contribution in [3.8, 4) is 0 Å². The first-order valence-corrected chi connectivity index (χ1v) is 3.99. The normalized spacial score (nSPS) is 11.9. The van der Waals surface area contributed by atoms with Crippen molar-refractivity contribution in [2.75, 3.05) is 26.8 Å². The molecule has 1 unspecified atom stereocenters. The molecule has 0 heterocycles. The van der Waals surface area contributed by atoms with Gasteiger partial charge in [-0.3, -0.25) is 0 Å². The Morgan fingerprint density at radius 2 is 2.00 bits per heavy atom. The Balaban J connectivity index is 4.08. The molecule has 0 rings (SSSR count). The SMILES string of the molecule is CN(CCO)C(=O)NC(CO)C(=O)O. The summed E-state index contributed by atoms with van der Waals surface area (Å²) in [5.74, 6) is -1.31. The van der Waals surface area contributed by atoms with Gasteiger partial charge in [0.1, 0.15) is 0 Å². The van der Waals surface area contributed by atoms with Gasteiger partial charge in [0.05, 0.1) is 13.2 Å². The quantitative estimate of drug-likeness (QED) is 0.418. The average Bonchev–Trinajstić information content (AvgIpc) is 2.13. The van der Waals surface area contributed by atoms with Crippen molar-refractivity contribution in [2.45, 2.75) is 6.04 Å². The maximum atomic E-state index is 11.1. The fourth-order valence-electron chi connectivity index (χ4n) is 0.696. The summed E-state index contributed by atoms with van der Waals surface area (Å²) in [5, 5.41) is 27.7. The fraction of sp³-hybridized carbons (Fsp3) is 0.714. The molecule has 0 aromatic rings. The molecule has 0 bridgehead atoms. The Labute approximate surface area is 80.9 Å². The van der Waals surface area contributed by atoms with Crippen molar-refractivity contribution in [3.63, 3.8) is 0 Å². The molecule has 0 spiro atoms. The number of carbonyl (C=O) groups excluding carboxylic acids is 1. The van der Waals surface area contributed by atoms with Gasteiger partial charge in [0.25, 0.3) is 0 Å². The van der Waals surface area contributed by atoms with E-state index in [2.05, 4.69) is 5.32 Å². The van der Waals surface area contributed by atoms with Crippen molar-refractivity contribution in [2.24, 2.45) is 0 Å². The number of hydrogen-bond acceptors (Lipinski definition) is 4. The lowest BCUT2D eigenvalue weighted by atomic mass is 10.3.